The molecule has 2 nitrogen and oxygen atoms in total. The smallest absolute Gasteiger partial charge is 0.137 e. The summed E-state index contributed by atoms with van der Waals surface area (Å²) in [4.78, 5) is 2.40. The second-order valence-electron chi connectivity index (χ2n) is 12.1. The highest BCUT2D eigenvalue weighted by atomic mass is 32.1. The van der Waals surface area contributed by atoms with Crippen molar-refractivity contribution in [3.63, 3.8) is 0 Å². The number of hydrogen-bond donors (Lipinski definition) is 0. The molecule has 0 saturated carbocycles. The van der Waals surface area contributed by atoms with Gasteiger partial charge in [-0.2, -0.15) is 0 Å². The zero-order valence-electron chi connectivity index (χ0n) is 25.4. The van der Waals surface area contributed by atoms with Crippen LogP contribution in [0.15, 0.2) is 168 Å². The molecular formula is C44H27NOS. The molecule has 0 saturated heterocycles. The van der Waals surface area contributed by atoms with Crippen molar-refractivity contribution in [3.05, 3.63) is 164 Å². The fraction of sp³-hybridized carbons (Fsp3) is 0. The molecule has 3 heteroatoms. The minimum absolute atomic E-state index is 0.880. The maximum atomic E-state index is 6.39. The van der Waals surface area contributed by atoms with Crippen molar-refractivity contribution in [2.24, 2.45) is 0 Å². The number of hydrogen-bond acceptors (Lipinski definition) is 3. The van der Waals surface area contributed by atoms with Gasteiger partial charge in [-0.15, -0.1) is 11.3 Å². The van der Waals surface area contributed by atoms with Gasteiger partial charge in [-0.3, -0.25) is 0 Å². The lowest BCUT2D eigenvalue weighted by Gasteiger charge is -2.27. The number of nitrogens with zero attached hydrogens (tertiary/aromatic N) is 1. The van der Waals surface area contributed by atoms with E-state index in [9.17, 15) is 0 Å². The third-order valence-corrected chi connectivity index (χ3v) is 10.6. The molecule has 2 aromatic heterocycles. The second-order valence-corrected chi connectivity index (χ2v) is 13.2. The van der Waals surface area contributed by atoms with Gasteiger partial charge >= 0.3 is 0 Å². The molecule has 47 heavy (non-hydrogen) atoms. The highest BCUT2D eigenvalue weighted by Gasteiger charge is 2.21. The van der Waals surface area contributed by atoms with E-state index < -0.39 is 0 Å². The predicted octanol–water partition coefficient (Wildman–Crippen LogP) is 13.4. The summed E-state index contributed by atoms with van der Waals surface area (Å²) in [6.45, 7) is 0. The van der Waals surface area contributed by atoms with Crippen molar-refractivity contribution in [1.29, 1.82) is 0 Å². The van der Waals surface area contributed by atoms with Crippen LogP contribution in [0.4, 0.5) is 17.1 Å². The molecule has 10 rings (SSSR count). The largest absolute Gasteiger partial charge is 0.456 e. The van der Waals surface area contributed by atoms with Gasteiger partial charge in [-0.1, -0.05) is 109 Å². The number of fused-ring (bicyclic) bond motifs is 10. The van der Waals surface area contributed by atoms with E-state index in [4.69, 9.17) is 4.42 Å². The van der Waals surface area contributed by atoms with Crippen LogP contribution in [0.2, 0.25) is 0 Å². The van der Waals surface area contributed by atoms with Crippen molar-refractivity contribution >= 4 is 92.1 Å². The van der Waals surface area contributed by atoms with E-state index in [2.05, 4.69) is 163 Å². The summed E-state index contributed by atoms with van der Waals surface area (Å²) in [5.41, 5.74) is 7.42. The zero-order valence-corrected chi connectivity index (χ0v) is 26.2. The van der Waals surface area contributed by atoms with Gasteiger partial charge in [0.1, 0.15) is 11.2 Å². The van der Waals surface area contributed by atoms with Gasteiger partial charge in [0.15, 0.2) is 0 Å². The fourth-order valence-corrected chi connectivity index (χ4v) is 8.43. The molecule has 0 bridgehead atoms. The van der Waals surface area contributed by atoms with Crippen LogP contribution < -0.4 is 4.90 Å². The number of furan rings is 1. The molecule has 0 spiro atoms. The highest BCUT2D eigenvalue weighted by molar-refractivity contribution is 7.26. The standard InChI is InChI=1S/C44H27NOS/c1-2-10-28(11-3-1)31-12-8-13-32(26-31)45(37-16-9-18-39-43(37)34-14-4-6-17-38(34)46-39)33-24-22-29-20-21-30-23-25-41-44(42(30)36(29)27-33)35-15-5-7-19-40(35)47-41/h1-27H. The number of anilines is 3. The lowest BCUT2D eigenvalue weighted by molar-refractivity contribution is 0.669. The lowest BCUT2D eigenvalue weighted by Crippen LogP contribution is -2.10. The first kappa shape index (κ1) is 26.3. The SMILES string of the molecule is c1ccc(-c2cccc(N(c3ccc4ccc5ccc6sc7ccccc7c6c5c4c3)c3cccc4oc5ccccc5c34)c2)cc1. The highest BCUT2D eigenvalue weighted by Crippen LogP contribution is 2.46. The Kier molecular flexibility index (Phi) is 5.78. The van der Waals surface area contributed by atoms with Gasteiger partial charge in [0.25, 0.3) is 0 Å². The van der Waals surface area contributed by atoms with Gasteiger partial charge in [0.05, 0.1) is 11.1 Å². The first-order chi connectivity index (χ1) is 23.3. The molecule has 0 N–H and O–H groups in total. The first-order valence-corrected chi connectivity index (χ1v) is 16.7. The van der Waals surface area contributed by atoms with Gasteiger partial charge in [0, 0.05) is 36.9 Å². The van der Waals surface area contributed by atoms with Gasteiger partial charge < -0.3 is 9.32 Å². The molecule has 0 aliphatic rings. The Morgan fingerprint density at radius 2 is 1.11 bits per heavy atom. The van der Waals surface area contributed by atoms with Crippen molar-refractivity contribution in [3.8, 4) is 11.1 Å². The Morgan fingerprint density at radius 3 is 2.04 bits per heavy atom. The molecule has 0 atom stereocenters. The molecule has 0 radical (unpaired) electrons. The summed E-state index contributed by atoms with van der Waals surface area (Å²) in [5, 5.41) is 9.93. The minimum Gasteiger partial charge on any atom is -0.456 e. The van der Waals surface area contributed by atoms with E-state index in [1.54, 1.807) is 0 Å². The van der Waals surface area contributed by atoms with Crippen molar-refractivity contribution in [2.75, 3.05) is 4.90 Å². The second kappa shape index (κ2) is 10.3. The molecule has 220 valence electrons. The molecule has 0 aliphatic carbocycles. The number of benzene rings is 8. The van der Waals surface area contributed by atoms with E-state index in [-0.39, 0.29) is 0 Å². The van der Waals surface area contributed by atoms with Crippen molar-refractivity contribution in [1.82, 2.24) is 0 Å². The molecule has 0 aliphatic heterocycles. The molecule has 0 unspecified atom stereocenters. The Balaban J connectivity index is 1.30. The first-order valence-electron chi connectivity index (χ1n) is 15.9. The monoisotopic (exact) mass is 617 g/mol. The van der Waals surface area contributed by atoms with Gasteiger partial charge in [-0.05, 0) is 87.3 Å². The Bertz CT molecular complexity index is 2810. The van der Waals surface area contributed by atoms with Crippen LogP contribution in [0, 0.1) is 0 Å². The minimum atomic E-state index is 0.880. The van der Waals surface area contributed by atoms with Crippen LogP contribution in [0.3, 0.4) is 0 Å². The van der Waals surface area contributed by atoms with Crippen LogP contribution in [-0.2, 0) is 0 Å². The van der Waals surface area contributed by atoms with Gasteiger partial charge in [-0.25, -0.2) is 0 Å². The summed E-state index contributed by atoms with van der Waals surface area (Å²) < 4.78 is 9.03. The maximum absolute atomic E-state index is 6.39. The van der Waals surface area contributed by atoms with Crippen LogP contribution in [0.1, 0.15) is 0 Å². The van der Waals surface area contributed by atoms with E-state index in [1.807, 2.05) is 17.4 Å². The van der Waals surface area contributed by atoms with Crippen molar-refractivity contribution < 1.29 is 4.42 Å². The predicted molar refractivity (Wildman–Crippen MR) is 202 cm³/mol. The quantitative estimate of drug-likeness (QED) is 0.183. The van der Waals surface area contributed by atoms with Gasteiger partial charge in [0.2, 0.25) is 0 Å². The zero-order chi connectivity index (χ0) is 30.9. The number of rotatable bonds is 4. The normalized spacial score (nSPS) is 11.8. The Hall–Kier alpha value is -5.90. The number of para-hydroxylation sites is 1. The van der Waals surface area contributed by atoms with E-state index >= 15 is 0 Å². The Labute approximate surface area is 275 Å². The van der Waals surface area contributed by atoms with Crippen LogP contribution in [0.25, 0.3) is 74.8 Å². The summed E-state index contributed by atoms with van der Waals surface area (Å²) in [6.07, 6.45) is 0. The summed E-state index contributed by atoms with van der Waals surface area (Å²) in [6, 6.07) is 59.0. The third kappa shape index (κ3) is 4.10. The fourth-order valence-electron chi connectivity index (χ4n) is 7.31. The topological polar surface area (TPSA) is 16.4 Å². The Morgan fingerprint density at radius 1 is 0.404 bits per heavy atom. The average Bonchev–Trinajstić information content (AvgIpc) is 3.71. The average molecular weight is 618 g/mol. The van der Waals surface area contributed by atoms with Crippen LogP contribution in [-0.4, -0.2) is 0 Å². The van der Waals surface area contributed by atoms with E-state index in [0.717, 1.165) is 39.0 Å². The van der Waals surface area contributed by atoms with Crippen molar-refractivity contribution in [2.45, 2.75) is 0 Å². The number of thiophene rings is 1. The van der Waals surface area contributed by atoms with E-state index in [0.29, 0.717) is 0 Å². The lowest BCUT2D eigenvalue weighted by atomic mass is 9.96. The van der Waals surface area contributed by atoms with E-state index in [1.165, 1.54) is 52.8 Å². The molecule has 10 aromatic rings. The summed E-state index contributed by atoms with van der Waals surface area (Å²) >= 11 is 1.87. The van der Waals surface area contributed by atoms with Crippen LogP contribution in [0.5, 0.6) is 0 Å². The summed E-state index contributed by atoms with van der Waals surface area (Å²) in [5.74, 6) is 0. The van der Waals surface area contributed by atoms with Crippen LogP contribution >= 0.6 is 11.3 Å². The third-order valence-electron chi connectivity index (χ3n) is 9.42. The molecule has 0 amide bonds. The molecule has 2 heterocycles. The molecule has 0 fully saturated rings. The maximum Gasteiger partial charge on any atom is 0.137 e. The molecule has 8 aromatic carbocycles. The summed E-state index contributed by atoms with van der Waals surface area (Å²) in [7, 11) is 0. The molecular weight excluding hydrogens is 591 g/mol.